The molecule has 2 aliphatic rings. The average molecular weight is 422 g/mol. The zero-order chi connectivity index (χ0) is 19.6. The van der Waals surface area contributed by atoms with Crippen LogP contribution >= 0.6 is 23.4 Å². The highest BCUT2D eigenvalue weighted by Gasteiger charge is 2.24. The summed E-state index contributed by atoms with van der Waals surface area (Å²) < 4.78 is 0. The van der Waals surface area contributed by atoms with Gasteiger partial charge in [-0.05, 0) is 61.3 Å². The van der Waals surface area contributed by atoms with Crippen molar-refractivity contribution >= 4 is 29.2 Å². The first-order valence-corrected chi connectivity index (χ1v) is 11.7. The Morgan fingerprint density at radius 2 is 1.66 bits per heavy atom. The molecule has 2 aromatic carbocycles. The summed E-state index contributed by atoms with van der Waals surface area (Å²) in [7, 11) is 0. The Morgan fingerprint density at radius 3 is 2.45 bits per heavy atom. The number of benzene rings is 2. The van der Waals surface area contributed by atoms with Gasteiger partial charge in [-0.1, -0.05) is 65.8 Å². The minimum Gasteiger partial charge on any atom is -0.366 e. The highest BCUT2D eigenvalue weighted by atomic mass is 35.5. The van der Waals surface area contributed by atoms with Gasteiger partial charge < -0.3 is 5.32 Å². The third-order valence-electron chi connectivity index (χ3n) is 5.87. The molecular weight excluding hydrogens is 398 g/mol. The molecule has 0 unspecified atom stereocenters. The van der Waals surface area contributed by atoms with Gasteiger partial charge in [0.1, 0.15) is 5.82 Å². The Morgan fingerprint density at radius 1 is 0.931 bits per heavy atom. The smallest absolute Gasteiger partial charge is 0.190 e. The van der Waals surface area contributed by atoms with Crippen molar-refractivity contribution in [3.63, 3.8) is 0 Å². The predicted molar refractivity (Wildman–Crippen MR) is 121 cm³/mol. The maximum absolute atomic E-state index is 6.33. The van der Waals surface area contributed by atoms with Gasteiger partial charge in [0.05, 0.1) is 5.69 Å². The van der Waals surface area contributed by atoms with Crippen molar-refractivity contribution in [3.8, 4) is 0 Å². The molecule has 0 saturated carbocycles. The van der Waals surface area contributed by atoms with E-state index in [0.717, 1.165) is 53.0 Å². The first kappa shape index (κ1) is 19.0. The summed E-state index contributed by atoms with van der Waals surface area (Å²) in [4.78, 5) is 9.86. The molecule has 2 aliphatic carbocycles. The van der Waals surface area contributed by atoms with E-state index in [-0.39, 0.29) is 0 Å². The van der Waals surface area contributed by atoms with Crippen molar-refractivity contribution in [1.29, 1.82) is 0 Å². The van der Waals surface area contributed by atoms with E-state index in [0.29, 0.717) is 6.04 Å². The van der Waals surface area contributed by atoms with Gasteiger partial charge >= 0.3 is 0 Å². The fourth-order valence-electron chi connectivity index (χ4n) is 4.37. The van der Waals surface area contributed by atoms with Crippen molar-refractivity contribution in [2.75, 3.05) is 5.32 Å². The number of anilines is 1. The number of nitrogens with zero attached hydrogens (tertiary/aromatic N) is 2. The van der Waals surface area contributed by atoms with Crippen LogP contribution in [0.2, 0.25) is 5.02 Å². The number of rotatable bonds is 5. The molecule has 0 saturated heterocycles. The number of hydrogen-bond donors (Lipinski definition) is 1. The second-order valence-electron chi connectivity index (χ2n) is 7.89. The summed E-state index contributed by atoms with van der Waals surface area (Å²) in [5, 5.41) is 5.43. The van der Waals surface area contributed by atoms with Crippen molar-refractivity contribution in [1.82, 2.24) is 9.97 Å². The molecule has 5 rings (SSSR count). The molecule has 1 aromatic heterocycles. The van der Waals surface area contributed by atoms with Crippen LogP contribution < -0.4 is 5.32 Å². The topological polar surface area (TPSA) is 37.8 Å². The highest BCUT2D eigenvalue weighted by Crippen LogP contribution is 2.32. The maximum Gasteiger partial charge on any atom is 0.190 e. The van der Waals surface area contributed by atoms with Gasteiger partial charge in [0.25, 0.3) is 0 Å². The van der Waals surface area contributed by atoms with E-state index < -0.39 is 0 Å². The standard InChI is InChI=1S/C24H24ClN3S/c25-21-11-5-3-9-18(21)15-29-24-27-22-12-6-4-10-20(22)23(28-24)26-19-13-16-7-1-2-8-17(16)14-19/h1-3,5,7-9,11,19H,4,6,10,12-15H2,(H,26,27,28). The number of aromatic nitrogens is 2. The number of aryl methyl sites for hydroxylation is 1. The van der Waals surface area contributed by atoms with Crippen LogP contribution in [0.15, 0.2) is 53.7 Å². The summed E-state index contributed by atoms with van der Waals surface area (Å²) in [6.45, 7) is 0. The Balaban J connectivity index is 1.38. The van der Waals surface area contributed by atoms with Crippen LogP contribution in [0, 0.1) is 0 Å². The first-order chi connectivity index (χ1) is 14.3. The maximum atomic E-state index is 6.33. The summed E-state index contributed by atoms with van der Waals surface area (Å²) >= 11 is 8.00. The summed E-state index contributed by atoms with van der Waals surface area (Å²) in [6.07, 6.45) is 6.70. The first-order valence-electron chi connectivity index (χ1n) is 10.4. The lowest BCUT2D eigenvalue weighted by Crippen LogP contribution is -2.23. The molecule has 0 amide bonds. The molecule has 5 heteroatoms. The van der Waals surface area contributed by atoms with E-state index in [9.17, 15) is 0 Å². The van der Waals surface area contributed by atoms with Crippen LogP contribution in [0.4, 0.5) is 5.82 Å². The minimum absolute atomic E-state index is 0.412. The zero-order valence-corrected chi connectivity index (χ0v) is 17.9. The molecule has 0 aliphatic heterocycles. The van der Waals surface area contributed by atoms with Gasteiger partial charge in [0.15, 0.2) is 5.16 Å². The van der Waals surface area contributed by atoms with Gasteiger partial charge in [0.2, 0.25) is 0 Å². The van der Waals surface area contributed by atoms with Gasteiger partial charge in [-0.25, -0.2) is 9.97 Å². The Labute approximate surface area is 181 Å². The number of nitrogens with one attached hydrogen (secondary N) is 1. The molecule has 1 N–H and O–H groups in total. The van der Waals surface area contributed by atoms with E-state index >= 15 is 0 Å². The molecule has 148 valence electrons. The van der Waals surface area contributed by atoms with E-state index in [1.54, 1.807) is 11.8 Å². The van der Waals surface area contributed by atoms with Crippen molar-refractivity contribution in [3.05, 3.63) is 81.5 Å². The van der Waals surface area contributed by atoms with Crippen LogP contribution in [-0.2, 0) is 31.4 Å². The fraction of sp³-hybridized carbons (Fsp3) is 0.333. The van der Waals surface area contributed by atoms with E-state index in [2.05, 4.69) is 35.6 Å². The molecule has 1 heterocycles. The van der Waals surface area contributed by atoms with Gasteiger partial charge in [-0.15, -0.1) is 0 Å². The van der Waals surface area contributed by atoms with Crippen LogP contribution in [0.5, 0.6) is 0 Å². The van der Waals surface area contributed by atoms with E-state index in [4.69, 9.17) is 21.6 Å². The molecule has 3 nitrogen and oxygen atoms in total. The van der Waals surface area contributed by atoms with Gasteiger partial charge in [-0.2, -0.15) is 0 Å². The molecule has 0 fully saturated rings. The second-order valence-corrected chi connectivity index (χ2v) is 9.24. The highest BCUT2D eigenvalue weighted by molar-refractivity contribution is 7.98. The zero-order valence-electron chi connectivity index (χ0n) is 16.3. The molecule has 0 radical (unpaired) electrons. The summed E-state index contributed by atoms with van der Waals surface area (Å²) in [5.41, 5.74) is 6.60. The van der Waals surface area contributed by atoms with Crippen LogP contribution in [0.3, 0.4) is 0 Å². The summed E-state index contributed by atoms with van der Waals surface area (Å²) in [5.74, 6) is 1.83. The van der Waals surface area contributed by atoms with Crippen LogP contribution in [-0.4, -0.2) is 16.0 Å². The lowest BCUT2D eigenvalue weighted by Gasteiger charge is -2.22. The lowest BCUT2D eigenvalue weighted by atomic mass is 9.96. The molecule has 0 bridgehead atoms. The number of hydrogen-bond acceptors (Lipinski definition) is 4. The monoisotopic (exact) mass is 421 g/mol. The minimum atomic E-state index is 0.412. The molecule has 0 atom stereocenters. The summed E-state index contributed by atoms with van der Waals surface area (Å²) in [6, 6.07) is 17.2. The van der Waals surface area contributed by atoms with Crippen LogP contribution in [0.1, 0.15) is 40.8 Å². The van der Waals surface area contributed by atoms with Crippen molar-refractivity contribution in [2.24, 2.45) is 0 Å². The molecule has 3 aromatic rings. The van der Waals surface area contributed by atoms with Crippen molar-refractivity contribution < 1.29 is 0 Å². The Kier molecular flexibility index (Phi) is 5.47. The second kappa shape index (κ2) is 8.37. The predicted octanol–water partition coefficient (Wildman–Crippen LogP) is 5.88. The molecular formula is C24H24ClN3S. The van der Waals surface area contributed by atoms with Gasteiger partial charge in [0, 0.05) is 22.4 Å². The van der Waals surface area contributed by atoms with E-state index in [1.165, 1.54) is 35.2 Å². The van der Waals surface area contributed by atoms with Gasteiger partial charge in [-0.3, -0.25) is 0 Å². The van der Waals surface area contributed by atoms with Crippen molar-refractivity contribution in [2.45, 2.75) is 55.5 Å². The largest absolute Gasteiger partial charge is 0.366 e. The fourth-order valence-corrected chi connectivity index (χ4v) is 5.52. The lowest BCUT2D eigenvalue weighted by molar-refractivity contribution is 0.646. The normalized spacial score (nSPS) is 15.8. The Hall–Kier alpha value is -2.04. The third kappa shape index (κ3) is 4.15. The molecule has 0 spiro atoms. The number of halogens is 1. The van der Waals surface area contributed by atoms with E-state index in [1.807, 2.05) is 18.2 Å². The van der Waals surface area contributed by atoms with Crippen LogP contribution in [0.25, 0.3) is 0 Å². The number of fused-ring (bicyclic) bond motifs is 2. The average Bonchev–Trinajstić information content (AvgIpc) is 3.15. The SMILES string of the molecule is Clc1ccccc1CSc1nc2c(c(NC3Cc4ccccc4C3)n1)CCCC2. The number of thioether (sulfide) groups is 1. The molecule has 29 heavy (non-hydrogen) atoms. The Bertz CT molecular complexity index is 1010. The quantitative estimate of drug-likeness (QED) is 0.412. The third-order valence-corrected chi connectivity index (χ3v) is 7.13.